The fourth-order valence-electron chi connectivity index (χ4n) is 5.35. The quantitative estimate of drug-likeness (QED) is 0.438. The Morgan fingerprint density at radius 1 is 1.14 bits per heavy atom. The molecule has 0 heterocycles. The fourth-order valence-corrected chi connectivity index (χ4v) is 6.78. The van der Waals surface area contributed by atoms with Crippen LogP contribution in [0.2, 0.25) is 0 Å². The van der Waals surface area contributed by atoms with Crippen molar-refractivity contribution in [3.05, 3.63) is 29.8 Å². The van der Waals surface area contributed by atoms with Gasteiger partial charge in [-0.25, -0.2) is 13.1 Å². The van der Waals surface area contributed by atoms with Crippen molar-refractivity contribution in [2.24, 2.45) is 11.8 Å². The normalized spacial score (nSPS) is 25.0. The van der Waals surface area contributed by atoms with Gasteiger partial charge < -0.3 is 10.1 Å². The lowest BCUT2D eigenvalue weighted by Crippen LogP contribution is -2.52. The molecule has 0 saturated heterocycles. The van der Waals surface area contributed by atoms with Crippen LogP contribution in [0.4, 0.5) is 26.3 Å². The third kappa shape index (κ3) is 7.74. The van der Waals surface area contributed by atoms with Gasteiger partial charge in [-0.15, -0.1) is 0 Å². The van der Waals surface area contributed by atoms with Crippen LogP contribution in [0.1, 0.15) is 57.9 Å². The first-order valence-electron chi connectivity index (χ1n) is 11.6. The molecule has 1 aromatic carbocycles. The highest BCUT2D eigenvalue weighted by molar-refractivity contribution is 7.89. The van der Waals surface area contributed by atoms with Crippen molar-refractivity contribution in [3.8, 4) is 5.75 Å². The van der Waals surface area contributed by atoms with Crippen LogP contribution >= 0.6 is 0 Å². The number of nitrogens with one attached hydrogen (secondary N) is 2. The third-order valence-electron chi connectivity index (χ3n) is 6.70. The summed E-state index contributed by atoms with van der Waals surface area (Å²) in [4.78, 5) is 12.7. The van der Waals surface area contributed by atoms with Gasteiger partial charge in [-0.3, -0.25) is 4.79 Å². The number of rotatable bonds is 9. The number of hydrogen-bond donors (Lipinski definition) is 2. The Labute approximate surface area is 206 Å². The molecule has 6 nitrogen and oxygen atoms in total. The molecule has 36 heavy (non-hydrogen) atoms. The molecule has 3 atom stereocenters. The first kappa shape index (κ1) is 28.5. The Bertz CT molecular complexity index is 1060. The average molecular weight is 545 g/mol. The number of benzene rings is 1. The van der Waals surface area contributed by atoms with Crippen LogP contribution in [0.15, 0.2) is 24.3 Å². The average Bonchev–Trinajstić information content (AvgIpc) is 2.98. The van der Waals surface area contributed by atoms with Crippen LogP contribution < -0.4 is 14.8 Å². The second-order valence-electron chi connectivity index (χ2n) is 10.4. The fraction of sp³-hybridized carbons (Fsp3) is 0.696. The molecule has 2 saturated carbocycles. The van der Waals surface area contributed by atoms with E-state index in [2.05, 4.69) is 10.0 Å². The summed E-state index contributed by atoms with van der Waals surface area (Å²) < 4.78 is 109. The van der Waals surface area contributed by atoms with E-state index in [1.165, 1.54) is 26.0 Å². The lowest BCUT2D eigenvalue weighted by atomic mass is 9.75. The van der Waals surface area contributed by atoms with Crippen LogP contribution in [0.3, 0.4) is 0 Å². The standard InChI is InChI=1S/C23H30F6N2O4S/c1-20(2,35-18-5-3-4-17(11-18)23(27,28)29)19(32)30-9-7-16-10-15-6-8-21(12-15,13-16)31-36(33,34)14-22(24,25)26/h3-5,11,15-16,31H,6-10,12-14H2,1-2H3,(H,30,32)/t15-,16?,21-/m0/s1. The second-order valence-corrected chi connectivity index (χ2v) is 12.1. The number of carbonyl (C=O) groups is 1. The van der Waals surface area contributed by atoms with E-state index >= 15 is 0 Å². The molecular weight excluding hydrogens is 514 g/mol. The molecule has 2 bridgehead atoms. The Morgan fingerprint density at radius 3 is 2.47 bits per heavy atom. The maximum absolute atomic E-state index is 12.9. The molecule has 13 heteroatoms. The first-order chi connectivity index (χ1) is 16.4. The number of carbonyl (C=O) groups excluding carboxylic acids is 1. The molecule has 3 rings (SSSR count). The van der Waals surface area contributed by atoms with Gasteiger partial charge in [-0.05, 0) is 82.4 Å². The van der Waals surface area contributed by atoms with E-state index in [0.29, 0.717) is 25.7 Å². The maximum atomic E-state index is 12.9. The van der Waals surface area contributed by atoms with E-state index in [0.717, 1.165) is 25.0 Å². The number of hydrogen-bond acceptors (Lipinski definition) is 4. The van der Waals surface area contributed by atoms with Crippen LogP contribution in [-0.4, -0.2) is 43.9 Å². The largest absolute Gasteiger partial charge is 0.478 e. The summed E-state index contributed by atoms with van der Waals surface area (Å²) in [6, 6.07) is 4.21. The molecule has 2 aliphatic rings. The van der Waals surface area contributed by atoms with E-state index in [-0.39, 0.29) is 24.1 Å². The van der Waals surface area contributed by atoms with Crippen molar-refractivity contribution < 1.29 is 44.3 Å². The maximum Gasteiger partial charge on any atom is 0.416 e. The predicted molar refractivity (Wildman–Crippen MR) is 120 cm³/mol. The lowest BCUT2D eigenvalue weighted by molar-refractivity contribution is -0.138. The van der Waals surface area contributed by atoms with E-state index in [1.807, 2.05) is 0 Å². The Kier molecular flexibility index (Phi) is 7.96. The molecule has 2 aliphatic carbocycles. The van der Waals surface area contributed by atoms with Gasteiger partial charge >= 0.3 is 12.4 Å². The minimum atomic E-state index is -4.83. The van der Waals surface area contributed by atoms with Gasteiger partial charge in [0.25, 0.3) is 5.91 Å². The van der Waals surface area contributed by atoms with Crippen molar-refractivity contribution >= 4 is 15.9 Å². The highest BCUT2D eigenvalue weighted by Gasteiger charge is 2.49. The summed E-state index contributed by atoms with van der Waals surface area (Å²) in [6.45, 7) is 3.05. The van der Waals surface area contributed by atoms with E-state index in [9.17, 15) is 39.6 Å². The Morgan fingerprint density at radius 2 is 1.83 bits per heavy atom. The second kappa shape index (κ2) is 10.0. The summed E-state index contributed by atoms with van der Waals surface area (Å²) in [5.41, 5.74) is -3.28. The number of sulfonamides is 1. The van der Waals surface area contributed by atoms with Crippen molar-refractivity contribution in [3.63, 3.8) is 0 Å². The van der Waals surface area contributed by atoms with Crippen molar-refractivity contribution in [1.82, 2.24) is 10.0 Å². The zero-order valence-electron chi connectivity index (χ0n) is 19.9. The summed E-state index contributed by atoms with van der Waals surface area (Å²) in [6.07, 6.45) is -6.07. The monoisotopic (exact) mass is 544 g/mol. The summed E-state index contributed by atoms with van der Waals surface area (Å²) in [5, 5.41) is 2.70. The van der Waals surface area contributed by atoms with Crippen LogP contribution in [0.5, 0.6) is 5.75 Å². The summed E-state index contributed by atoms with van der Waals surface area (Å²) >= 11 is 0. The van der Waals surface area contributed by atoms with Crippen molar-refractivity contribution in [2.75, 3.05) is 12.3 Å². The highest BCUT2D eigenvalue weighted by Crippen LogP contribution is 2.49. The number of ether oxygens (including phenoxy) is 1. The third-order valence-corrected chi connectivity index (χ3v) is 8.15. The minimum Gasteiger partial charge on any atom is -0.478 e. The zero-order chi connectivity index (χ0) is 27.0. The molecule has 2 fully saturated rings. The van der Waals surface area contributed by atoms with Crippen molar-refractivity contribution in [1.29, 1.82) is 0 Å². The Hall–Kier alpha value is -2.02. The van der Waals surface area contributed by atoms with E-state index in [4.69, 9.17) is 4.74 Å². The molecule has 204 valence electrons. The Balaban J connectivity index is 1.54. The zero-order valence-corrected chi connectivity index (χ0v) is 20.7. The summed E-state index contributed by atoms with van der Waals surface area (Å²) in [7, 11) is -4.53. The number of alkyl halides is 6. The summed E-state index contributed by atoms with van der Waals surface area (Å²) in [5.74, 6) is -2.39. The van der Waals surface area contributed by atoms with Crippen LogP contribution in [-0.2, 0) is 21.0 Å². The smallest absolute Gasteiger partial charge is 0.416 e. The van der Waals surface area contributed by atoms with Crippen LogP contribution in [0, 0.1) is 11.8 Å². The lowest BCUT2D eigenvalue weighted by Gasteiger charge is -2.38. The van der Waals surface area contributed by atoms with Gasteiger partial charge in [0, 0.05) is 12.1 Å². The van der Waals surface area contributed by atoms with Gasteiger partial charge in [0.2, 0.25) is 10.0 Å². The molecule has 0 aliphatic heterocycles. The van der Waals surface area contributed by atoms with E-state index < -0.39 is 50.7 Å². The highest BCUT2D eigenvalue weighted by atomic mass is 32.2. The molecule has 2 N–H and O–H groups in total. The molecule has 1 aromatic rings. The molecule has 1 amide bonds. The van der Waals surface area contributed by atoms with Gasteiger partial charge in [-0.2, -0.15) is 26.3 Å². The number of halogens is 6. The minimum absolute atomic E-state index is 0.00682. The SMILES string of the molecule is CC(C)(Oc1cccc(C(F)(F)F)c1)C(=O)NCCC1C[C@@H]2CC[C@@](NS(=O)(=O)CC(F)(F)F)(C1)C2. The number of amides is 1. The number of fused-ring (bicyclic) bond motifs is 2. The molecular formula is C23H30F6N2O4S. The van der Waals surface area contributed by atoms with Crippen molar-refractivity contribution in [2.45, 2.75) is 75.9 Å². The van der Waals surface area contributed by atoms with Gasteiger partial charge in [0.15, 0.2) is 11.4 Å². The van der Waals surface area contributed by atoms with Gasteiger partial charge in [-0.1, -0.05) is 6.07 Å². The topological polar surface area (TPSA) is 84.5 Å². The van der Waals surface area contributed by atoms with E-state index in [1.54, 1.807) is 0 Å². The van der Waals surface area contributed by atoms with Gasteiger partial charge in [0.05, 0.1) is 5.56 Å². The van der Waals surface area contributed by atoms with Crippen LogP contribution in [0.25, 0.3) is 0 Å². The molecule has 0 aromatic heterocycles. The first-order valence-corrected chi connectivity index (χ1v) is 13.3. The molecule has 0 spiro atoms. The van der Waals surface area contributed by atoms with Gasteiger partial charge in [0.1, 0.15) is 5.75 Å². The predicted octanol–water partition coefficient (Wildman–Crippen LogP) is 4.80. The molecule has 0 radical (unpaired) electrons. The molecule has 1 unspecified atom stereocenters.